The van der Waals surface area contributed by atoms with Crippen LogP contribution in [0, 0.1) is 12.7 Å². The second kappa shape index (κ2) is 9.15. The van der Waals surface area contributed by atoms with Gasteiger partial charge in [0.1, 0.15) is 5.82 Å². The summed E-state index contributed by atoms with van der Waals surface area (Å²) >= 11 is 0. The normalized spacial score (nSPS) is 12.5. The smallest absolute Gasteiger partial charge is 0.263 e. The van der Waals surface area contributed by atoms with Gasteiger partial charge in [0.25, 0.3) is 10.0 Å². The molecule has 4 rings (SSSR count). The van der Waals surface area contributed by atoms with Gasteiger partial charge in [0.2, 0.25) is 0 Å². The molecule has 0 fully saturated rings. The number of nitrogens with one attached hydrogen (secondary N) is 2. The maximum Gasteiger partial charge on any atom is 0.263 e. The van der Waals surface area contributed by atoms with E-state index in [1.54, 1.807) is 19.1 Å². The molecule has 0 spiro atoms. The topological polar surface area (TPSA) is 84.0 Å². The monoisotopic (exact) mass is 464 g/mol. The predicted octanol–water partition coefficient (Wildman–Crippen LogP) is 6.14. The molecule has 0 aliphatic heterocycles. The van der Waals surface area contributed by atoms with Gasteiger partial charge in [-0.2, -0.15) is 0 Å². The number of aromatic nitrogens is 2. The summed E-state index contributed by atoms with van der Waals surface area (Å²) in [4.78, 5) is 9.07. The van der Waals surface area contributed by atoms with Crippen molar-refractivity contribution in [3.8, 4) is 0 Å². The minimum absolute atomic E-state index is 0.0253. The lowest BCUT2D eigenvalue weighted by molar-refractivity contribution is 0.598. The molecule has 0 saturated carbocycles. The first kappa shape index (κ1) is 22.7. The SMILES string of the molecule is CCC(C)c1ccc(Nc2nc3ccccc3nc2NS(=O)(=O)c2ccc(F)cc2C)cc1. The largest absolute Gasteiger partial charge is 0.337 e. The van der Waals surface area contributed by atoms with Crippen LogP contribution in [0.15, 0.2) is 71.6 Å². The Kier molecular flexibility index (Phi) is 6.29. The maximum absolute atomic E-state index is 13.5. The van der Waals surface area contributed by atoms with E-state index in [1.165, 1.54) is 17.7 Å². The van der Waals surface area contributed by atoms with Gasteiger partial charge in [-0.3, -0.25) is 4.72 Å². The molecule has 0 saturated heterocycles. The van der Waals surface area contributed by atoms with E-state index in [4.69, 9.17) is 0 Å². The molecular weight excluding hydrogens is 439 g/mol. The molecule has 0 aliphatic carbocycles. The van der Waals surface area contributed by atoms with E-state index in [0.717, 1.165) is 18.2 Å². The Balaban J connectivity index is 1.73. The molecular formula is C25H25FN4O2S. The number of rotatable bonds is 7. The first-order valence-corrected chi connectivity index (χ1v) is 12.2. The maximum atomic E-state index is 13.5. The molecule has 0 aliphatic rings. The molecule has 1 aromatic heterocycles. The van der Waals surface area contributed by atoms with Crippen molar-refractivity contribution in [2.75, 3.05) is 10.0 Å². The van der Waals surface area contributed by atoms with Crippen LogP contribution in [0.1, 0.15) is 37.3 Å². The number of benzene rings is 3. The summed E-state index contributed by atoms with van der Waals surface area (Å²) < 4.78 is 42.2. The van der Waals surface area contributed by atoms with Crippen molar-refractivity contribution in [1.29, 1.82) is 0 Å². The van der Waals surface area contributed by atoms with E-state index in [2.05, 4.69) is 33.9 Å². The third kappa shape index (κ3) is 4.96. The lowest BCUT2D eigenvalue weighted by atomic mass is 9.99. The third-order valence-corrected chi connectivity index (χ3v) is 7.08. The molecule has 0 bridgehead atoms. The molecule has 3 aromatic carbocycles. The summed E-state index contributed by atoms with van der Waals surface area (Å²) in [5.74, 6) is 0.276. The van der Waals surface area contributed by atoms with Crippen molar-refractivity contribution in [2.24, 2.45) is 0 Å². The zero-order valence-corrected chi connectivity index (χ0v) is 19.4. The van der Waals surface area contributed by atoms with E-state index in [1.807, 2.05) is 36.4 Å². The number of hydrogen-bond acceptors (Lipinski definition) is 5. The van der Waals surface area contributed by atoms with Gasteiger partial charge < -0.3 is 5.32 Å². The first-order valence-electron chi connectivity index (χ1n) is 10.7. The number of para-hydroxylation sites is 2. The number of hydrogen-bond donors (Lipinski definition) is 2. The van der Waals surface area contributed by atoms with Gasteiger partial charge in [0.15, 0.2) is 11.6 Å². The van der Waals surface area contributed by atoms with Crippen LogP contribution in [0.3, 0.4) is 0 Å². The zero-order chi connectivity index (χ0) is 23.6. The zero-order valence-electron chi connectivity index (χ0n) is 18.6. The van der Waals surface area contributed by atoms with Crippen molar-refractivity contribution in [3.63, 3.8) is 0 Å². The second-order valence-corrected chi connectivity index (χ2v) is 9.63. The summed E-state index contributed by atoms with van der Waals surface area (Å²) in [7, 11) is -4.02. The highest BCUT2D eigenvalue weighted by Crippen LogP contribution is 2.29. The Morgan fingerprint density at radius 3 is 2.18 bits per heavy atom. The summed E-state index contributed by atoms with van der Waals surface area (Å²) in [6.45, 7) is 5.85. The molecule has 2 N–H and O–H groups in total. The van der Waals surface area contributed by atoms with Crippen LogP contribution >= 0.6 is 0 Å². The van der Waals surface area contributed by atoms with E-state index >= 15 is 0 Å². The van der Waals surface area contributed by atoms with Gasteiger partial charge in [-0.05, 0) is 72.9 Å². The number of anilines is 3. The van der Waals surface area contributed by atoms with Gasteiger partial charge in [-0.1, -0.05) is 38.1 Å². The molecule has 6 nitrogen and oxygen atoms in total. The summed E-state index contributed by atoms with van der Waals surface area (Å²) in [6.07, 6.45) is 1.04. The van der Waals surface area contributed by atoms with Crippen LogP contribution in [-0.4, -0.2) is 18.4 Å². The molecule has 1 unspecified atom stereocenters. The van der Waals surface area contributed by atoms with Crippen LogP contribution in [0.2, 0.25) is 0 Å². The average molecular weight is 465 g/mol. The lowest BCUT2D eigenvalue weighted by Crippen LogP contribution is -2.17. The third-order valence-electron chi connectivity index (χ3n) is 5.58. The number of halogens is 1. The van der Waals surface area contributed by atoms with Crippen LogP contribution in [0.4, 0.5) is 21.7 Å². The number of nitrogens with zero attached hydrogens (tertiary/aromatic N) is 2. The Morgan fingerprint density at radius 1 is 0.939 bits per heavy atom. The van der Waals surface area contributed by atoms with Gasteiger partial charge in [0, 0.05) is 5.69 Å². The van der Waals surface area contributed by atoms with E-state index in [9.17, 15) is 12.8 Å². The Bertz CT molecular complexity index is 1410. The molecule has 0 radical (unpaired) electrons. The van der Waals surface area contributed by atoms with Gasteiger partial charge in [-0.15, -0.1) is 0 Å². The highest BCUT2D eigenvalue weighted by atomic mass is 32.2. The average Bonchev–Trinajstić information content (AvgIpc) is 2.79. The molecule has 0 amide bonds. The molecule has 1 atom stereocenters. The lowest BCUT2D eigenvalue weighted by Gasteiger charge is -2.15. The Hall–Kier alpha value is -3.52. The number of sulfonamides is 1. The van der Waals surface area contributed by atoms with Crippen LogP contribution in [0.5, 0.6) is 0 Å². The second-order valence-electron chi connectivity index (χ2n) is 7.98. The minimum Gasteiger partial charge on any atom is -0.337 e. The van der Waals surface area contributed by atoms with E-state index in [-0.39, 0.29) is 16.5 Å². The Labute approximate surface area is 193 Å². The highest BCUT2D eigenvalue weighted by Gasteiger charge is 2.21. The molecule has 8 heteroatoms. The fraction of sp³-hybridized carbons (Fsp3) is 0.200. The van der Waals surface area contributed by atoms with Crippen molar-refractivity contribution < 1.29 is 12.8 Å². The molecule has 4 aromatic rings. The van der Waals surface area contributed by atoms with Crippen LogP contribution in [-0.2, 0) is 10.0 Å². The van der Waals surface area contributed by atoms with Crippen molar-refractivity contribution >= 4 is 38.4 Å². The summed E-state index contributed by atoms with van der Waals surface area (Å²) in [6, 6.07) is 18.7. The molecule has 1 heterocycles. The van der Waals surface area contributed by atoms with Gasteiger partial charge in [0.05, 0.1) is 15.9 Å². The fourth-order valence-corrected chi connectivity index (χ4v) is 4.76. The first-order chi connectivity index (χ1) is 15.8. The summed E-state index contributed by atoms with van der Waals surface area (Å²) in [5, 5.41) is 3.19. The molecule has 33 heavy (non-hydrogen) atoms. The Morgan fingerprint density at radius 2 is 1.58 bits per heavy atom. The van der Waals surface area contributed by atoms with Gasteiger partial charge in [-0.25, -0.2) is 22.8 Å². The van der Waals surface area contributed by atoms with Crippen molar-refractivity contribution in [1.82, 2.24) is 9.97 Å². The van der Waals surface area contributed by atoms with E-state index < -0.39 is 15.8 Å². The predicted molar refractivity (Wildman–Crippen MR) is 130 cm³/mol. The minimum atomic E-state index is -4.02. The summed E-state index contributed by atoms with van der Waals surface area (Å²) in [5.41, 5.74) is 3.44. The highest BCUT2D eigenvalue weighted by molar-refractivity contribution is 7.92. The quantitative estimate of drug-likeness (QED) is 0.343. The number of aryl methyl sites for hydroxylation is 1. The number of fused-ring (bicyclic) bond motifs is 1. The van der Waals surface area contributed by atoms with Gasteiger partial charge >= 0.3 is 0 Å². The fourth-order valence-electron chi connectivity index (χ4n) is 3.52. The van der Waals surface area contributed by atoms with Crippen LogP contribution < -0.4 is 10.0 Å². The van der Waals surface area contributed by atoms with Crippen molar-refractivity contribution in [2.45, 2.75) is 38.0 Å². The van der Waals surface area contributed by atoms with E-state index in [0.29, 0.717) is 22.5 Å². The van der Waals surface area contributed by atoms with Crippen molar-refractivity contribution in [3.05, 3.63) is 83.7 Å². The van der Waals surface area contributed by atoms with Crippen LogP contribution in [0.25, 0.3) is 11.0 Å². The molecule has 170 valence electrons. The standard InChI is InChI=1S/C25H25FN4O2S/c1-4-16(2)18-9-12-20(13-10-18)27-24-25(29-22-8-6-5-7-21(22)28-24)30-33(31,32)23-14-11-19(26)15-17(23)3/h5-16H,4H2,1-3H3,(H,27,28)(H,29,30).